The molecule has 0 radical (unpaired) electrons. The molecule has 0 spiro atoms. The van der Waals surface area contributed by atoms with E-state index in [1.807, 2.05) is 0 Å². The monoisotopic (exact) mass is 275 g/mol. The van der Waals surface area contributed by atoms with E-state index in [9.17, 15) is 0 Å². The first-order chi connectivity index (χ1) is 9.54. The number of methoxy groups -OCH3 is 1. The van der Waals surface area contributed by atoms with Crippen LogP contribution in [0.25, 0.3) is 0 Å². The molecule has 112 valence electrons. The summed E-state index contributed by atoms with van der Waals surface area (Å²) >= 11 is 0. The molecule has 0 saturated carbocycles. The van der Waals surface area contributed by atoms with Crippen molar-refractivity contribution in [1.29, 1.82) is 0 Å². The van der Waals surface area contributed by atoms with Gasteiger partial charge in [0.25, 0.3) is 0 Å². The number of hydrogen-bond donors (Lipinski definition) is 1. The molecule has 2 heteroatoms. The zero-order valence-electron chi connectivity index (χ0n) is 13.6. The van der Waals surface area contributed by atoms with E-state index < -0.39 is 0 Å². The molecule has 1 unspecified atom stereocenters. The van der Waals surface area contributed by atoms with Gasteiger partial charge in [-0.2, -0.15) is 0 Å². The fourth-order valence-corrected chi connectivity index (χ4v) is 3.13. The third-order valence-electron chi connectivity index (χ3n) is 4.33. The van der Waals surface area contributed by atoms with Crippen LogP contribution in [0.15, 0.2) is 12.1 Å². The Labute approximate surface area is 123 Å². The summed E-state index contributed by atoms with van der Waals surface area (Å²) in [5, 5.41) is 3.66. The van der Waals surface area contributed by atoms with Gasteiger partial charge in [-0.15, -0.1) is 0 Å². The highest BCUT2D eigenvalue weighted by atomic mass is 16.5. The maximum absolute atomic E-state index is 5.72. The molecule has 2 rings (SSSR count). The summed E-state index contributed by atoms with van der Waals surface area (Å²) in [4.78, 5) is 0. The number of piperidine rings is 1. The Morgan fingerprint density at radius 1 is 1.05 bits per heavy atom. The molecule has 2 nitrogen and oxygen atoms in total. The van der Waals surface area contributed by atoms with Crippen LogP contribution in [0.3, 0.4) is 0 Å². The van der Waals surface area contributed by atoms with Gasteiger partial charge in [-0.1, -0.05) is 46.2 Å². The Hall–Kier alpha value is -1.02. The molecule has 1 aromatic carbocycles. The number of nitrogens with one attached hydrogen (secondary N) is 1. The second kappa shape index (κ2) is 6.62. The smallest absolute Gasteiger partial charge is 0.125 e. The first-order valence-corrected chi connectivity index (χ1v) is 7.99. The lowest BCUT2D eigenvalue weighted by Crippen LogP contribution is -2.27. The lowest BCUT2D eigenvalue weighted by Gasteiger charge is -2.27. The van der Waals surface area contributed by atoms with Crippen molar-refractivity contribution in [3.63, 3.8) is 0 Å². The second-order valence-corrected chi connectivity index (χ2v) is 6.54. The van der Waals surface area contributed by atoms with Gasteiger partial charge >= 0.3 is 0 Å². The van der Waals surface area contributed by atoms with Gasteiger partial charge in [0.2, 0.25) is 0 Å². The van der Waals surface area contributed by atoms with Crippen molar-refractivity contribution in [2.24, 2.45) is 0 Å². The minimum absolute atomic E-state index is 0.492. The van der Waals surface area contributed by atoms with Gasteiger partial charge in [-0.25, -0.2) is 0 Å². The molecule has 1 atom stereocenters. The third-order valence-corrected chi connectivity index (χ3v) is 4.33. The molecule has 1 fully saturated rings. The third kappa shape index (κ3) is 3.17. The SMILES string of the molecule is COc1c(C(C)C)cc(C2CCCCN2)cc1C(C)C. The average Bonchev–Trinajstić information content (AvgIpc) is 2.46. The largest absolute Gasteiger partial charge is 0.496 e. The quantitative estimate of drug-likeness (QED) is 0.855. The van der Waals surface area contributed by atoms with E-state index in [1.165, 1.54) is 36.0 Å². The van der Waals surface area contributed by atoms with E-state index in [-0.39, 0.29) is 0 Å². The number of ether oxygens (including phenoxy) is 1. The molecule has 1 heterocycles. The molecular formula is C18H29NO. The summed E-state index contributed by atoms with van der Waals surface area (Å²) in [5.74, 6) is 2.08. The molecule has 0 amide bonds. The first-order valence-electron chi connectivity index (χ1n) is 7.99. The molecule has 1 aliphatic rings. The summed E-state index contributed by atoms with van der Waals surface area (Å²) in [7, 11) is 1.80. The van der Waals surface area contributed by atoms with Crippen LogP contribution in [0.5, 0.6) is 5.75 Å². The molecule has 1 aromatic rings. The van der Waals surface area contributed by atoms with Crippen LogP contribution in [0.1, 0.15) is 81.5 Å². The average molecular weight is 275 g/mol. The lowest BCUT2D eigenvalue weighted by atomic mass is 9.87. The number of rotatable bonds is 4. The highest BCUT2D eigenvalue weighted by molar-refractivity contribution is 5.48. The standard InChI is InChI=1S/C18H29NO/c1-12(2)15-10-14(17-8-6-7-9-19-17)11-16(13(3)4)18(15)20-5/h10-13,17,19H,6-9H2,1-5H3. The van der Waals surface area contributed by atoms with Crippen LogP contribution in [0, 0.1) is 0 Å². The van der Waals surface area contributed by atoms with Crippen molar-refractivity contribution in [3.05, 3.63) is 28.8 Å². The zero-order chi connectivity index (χ0) is 14.7. The molecule has 1 N–H and O–H groups in total. The fraction of sp³-hybridized carbons (Fsp3) is 0.667. The zero-order valence-corrected chi connectivity index (χ0v) is 13.6. The van der Waals surface area contributed by atoms with Crippen LogP contribution >= 0.6 is 0 Å². The van der Waals surface area contributed by atoms with Gasteiger partial charge in [0, 0.05) is 6.04 Å². The summed E-state index contributed by atoms with van der Waals surface area (Å²) < 4.78 is 5.72. The molecule has 1 aliphatic heterocycles. The minimum atomic E-state index is 0.492. The van der Waals surface area contributed by atoms with Crippen molar-refractivity contribution < 1.29 is 4.74 Å². The van der Waals surface area contributed by atoms with Crippen LogP contribution < -0.4 is 10.1 Å². The van der Waals surface area contributed by atoms with Crippen molar-refractivity contribution in [1.82, 2.24) is 5.32 Å². The van der Waals surface area contributed by atoms with Gasteiger partial charge < -0.3 is 10.1 Å². The normalized spacial score (nSPS) is 19.6. The fourth-order valence-electron chi connectivity index (χ4n) is 3.13. The molecule has 20 heavy (non-hydrogen) atoms. The van der Waals surface area contributed by atoms with Crippen molar-refractivity contribution in [2.75, 3.05) is 13.7 Å². The Morgan fingerprint density at radius 3 is 2.05 bits per heavy atom. The molecule has 0 aromatic heterocycles. The maximum Gasteiger partial charge on any atom is 0.125 e. The molecule has 1 saturated heterocycles. The minimum Gasteiger partial charge on any atom is -0.496 e. The van der Waals surface area contributed by atoms with Crippen molar-refractivity contribution >= 4 is 0 Å². The molecule has 0 bridgehead atoms. The van der Waals surface area contributed by atoms with Crippen molar-refractivity contribution in [3.8, 4) is 5.75 Å². The van der Waals surface area contributed by atoms with Crippen LogP contribution in [-0.4, -0.2) is 13.7 Å². The predicted molar refractivity (Wildman–Crippen MR) is 85.8 cm³/mol. The summed E-state index contributed by atoms with van der Waals surface area (Å²) in [6, 6.07) is 5.24. The first kappa shape index (κ1) is 15.4. The van der Waals surface area contributed by atoms with E-state index in [2.05, 4.69) is 45.1 Å². The maximum atomic E-state index is 5.72. The Balaban J connectivity index is 2.47. The van der Waals surface area contributed by atoms with Gasteiger partial charge in [0.05, 0.1) is 7.11 Å². The summed E-state index contributed by atoms with van der Waals surface area (Å²) in [6.07, 6.45) is 3.89. The van der Waals surface area contributed by atoms with Gasteiger partial charge in [0.1, 0.15) is 5.75 Å². The van der Waals surface area contributed by atoms with Gasteiger partial charge in [-0.05, 0) is 47.9 Å². The Kier molecular flexibility index (Phi) is 5.09. The molecule has 0 aliphatic carbocycles. The van der Waals surface area contributed by atoms with E-state index in [0.29, 0.717) is 17.9 Å². The van der Waals surface area contributed by atoms with E-state index in [4.69, 9.17) is 4.74 Å². The highest BCUT2D eigenvalue weighted by Gasteiger charge is 2.21. The van der Waals surface area contributed by atoms with E-state index in [0.717, 1.165) is 12.3 Å². The summed E-state index contributed by atoms with van der Waals surface area (Å²) in [6.45, 7) is 10.1. The highest BCUT2D eigenvalue weighted by Crippen LogP contribution is 2.38. The Morgan fingerprint density at radius 2 is 1.65 bits per heavy atom. The van der Waals surface area contributed by atoms with Crippen LogP contribution in [-0.2, 0) is 0 Å². The van der Waals surface area contributed by atoms with Gasteiger partial charge in [0.15, 0.2) is 0 Å². The summed E-state index contributed by atoms with van der Waals surface area (Å²) in [5.41, 5.74) is 4.14. The van der Waals surface area contributed by atoms with Crippen LogP contribution in [0.4, 0.5) is 0 Å². The number of benzene rings is 1. The van der Waals surface area contributed by atoms with Gasteiger partial charge in [-0.3, -0.25) is 0 Å². The van der Waals surface area contributed by atoms with E-state index in [1.54, 1.807) is 7.11 Å². The predicted octanol–water partition coefficient (Wildman–Crippen LogP) is 4.76. The second-order valence-electron chi connectivity index (χ2n) is 6.54. The van der Waals surface area contributed by atoms with E-state index >= 15 is 0 Å². The number of hydrogen-bond acceptors (Lipinski definition) is 2. The van der Waals surface area contributed by atoms with Crippen LogP contribution in [0.2, 0.25) is 0 Å². The molecular weight excluding hydrogens is 246 g/mol. The lowest BCUT2D eigenvalue weighted by molar-refractivity contribution is 0.394. The van der Waals surface area contributed by atoms with Crippen molar-refractivity contribution in [2.45, 2.75) is 64.8 Å². The Bertz CT molecular complexity index is 416. The topological polar surface area (TPSA) is 21.3 Å².